The van der Waals surface area contributed by atoms with Gasteiger partial charge in [-0.3, -0.25) is 0 Å². The second-order valence-electron chi connectivity index (χ2n) is 15.9. The molecule has 6 aromatic carbocycles. The number of aromatic hydroxyl groups is 11. The molecule has 6 aromatic rings. The van der Waals surface area contributed by atoms with Crippen LogP contribution in [0.15, 0.2) is 78.9 Å². The number of hydrogen-bond acceptors (Lipinski definition) is 18. The summed E-state index contributed by atoms with van der Waals surface area (Å²) in [4.78, 5) is 0. The number of hydrogen-bond donors (Lipinski definition) is 14. The highest BCUT2D eigenvalue weighted by Crippen LogP contribution is 2.65. The first-order chi connectivity index (χ1) is 30.0. The molecule has 18 heteroatoms. The van der Waals surface area contributed by atoms with Gasteiger partial charge in [0.15, 0.2) is 40.6 Å². The van der Waals surface area contributed by atoms with Crippen LogP contribution in [0.2, 0.25) is 0 Å². The lowest BCUT2D eigenvalue weighted by atomic mass is 9.71. The van der Waals surface area contributed by atoms with E-state index in [0.29, 0.717) is 0 Å². The van der Waals surface area contributed by atoms with E-state index in [-0.39, 0.29) is 68.2 Å². The van der Waals surface area contributed by atoms with Gasteiger partial charge in [0.05, 0.1) is 17.9 Å². The van der Waals surface area contributed by atoms with Gasteiger partial charge in [0.2, 0.25) is 0 Å². The molecule has 0 saturated carbocycles. The van der Waals surface area contributed by atoms with E-state index in [9.17, 15) is 71.5 Å². The van der Waals surface area contributed by atoms with Gasteiger partial charge < -0.3 is 90.4 Å². The summed E-state index contributed by atoms with van der Waals surface area (Å²) in [5.74, 6) is -12.9. The largest absolute Gasteiger partial charge is 0.508 e. The number of rotatable bonds is 4. The van der Waals surface area contributed by atoms with Crippen LogP contribution in [-0.2, 0) is 12.2 Å². The maximum Gasteiger partial charge on any atom is 0.305 e. The highest BCUT2D eigenvalue weighted by Gasteiger charge is 2.61. The molecule has 4 aliphatic rings. The quantitative estimate of drug-likeness (QED) is 0.110. The van der Waals surface area contributed by atoms with Crippen LogP contribution in [0.3, 0.4) is 0 Å². The number of benzene rings is 6. The molecule has 0 radical (unpaired) electrons. The van der Waals surface area contributed by atoms with E-state index in [1.54, 1.807) is 0 Å². The third kappa shape index (κ3) is 5.68. The van der Waals surface area contributed by atoms with Gasteiger partial charge in [-0.1, -0.05) is 12.1 Å². The van der Waals surface area contributed by atoms with Crippen LogP contribution in [0.5, 0.6) is 86.2 Å². The fraction of sp³-hybridized carbons (Fsp3) is 0.200. The van der Waals surface area contributed by atoms with Crippen LogP contribution in [0.4, 0.5) is 0 Å². The van der Waals surface area contributed by atoms with Crippen LogP contribution >= 0.6 is 0 Å². The number of ether oxygens (including phenoxy) is 4. The molecule has 0 saturated heterocycles. The maximum atomic E-state index is 12.7. The summed E-state index contributed by atoms with van der Waals surface area (Å²) >= 11 is 0. The average molecular weight is 865 g/mol. The normalized spacial score (nSPS) is 25.2. The summed E-state index contributed by atoms with van der Waals surface area (Å²) < 4.78 is 25.7. The third-order valence-electron chi connectivity index (χ3n) is 12.2. The minimum absolute atomic E-state index is 0.0246. The van der Waals surface area contributed by atoms with Gasteiger partial charge in [0.1, 0.15) is 70.1 Å². The molecule has 4 aliphatic heterocycles. The van der Waals surface area contributed by atoms with Crippen molar-refractivity contribution in [3.8, 4) is 86.2 Å². The van der Waals surface area contributed by atoms with Crippen LogP contribution in [-0.4, -0.2) is 89.8 Å². The number of phenolic OH excluding ortho intramolecular Hbond substituents is 11. The predicted molar refractivity (Wildman–Crippen MR) is 212 cm³/mol. The molecule has 0 aliphatic carbocycles. The monoisotopic (exact) mass is 864 g/mol. The molecule has 14 N–H and O–H groups in total. The Labute approximate surface area is 354 Å². The Hall–Kier alpha value is -7.80. The van der Waals surface area contributed by atoms with Crippen LogP contribution in [0.25, 0.3) is 0 Å². The second kappa shape index (κ2) is 13.6. The van der Waals surface area contributed by atoms with Crippen molar-refractivity contribution in [2.45, 2.75) is 54.6 Å². The van der Waals surface area contributed by atoms with Crippen molar-refractivity contribution in [3.63, 3.8) is 0 Å². The van der Waals surface area contributed by atoms with Gasteiger partial charge in [-0.05, 0) is 53.6 Å². The van der Waals surface area contributed by atoms with E-state index in [1.807, 2.05) is 0 Å². The number of phenols is 11. The molecule has 1 unspecified atom stereocenters. The molecule has 324 valence electrons. The molecule has 0 amide bonds. The molecule has 63 heavy (non-hydrogen) atoms. The number of aliphatic hydroxyl groups is 3. The molecule has 8 atom stereocenters. The molecule has 0 aromatic heterocycles. The molecule has 0 spiro atoms. The predicted octanol–water partition coefficient (Wildman–Crippen LogP) is 4.24. The molecular weight excluding hydrogens is 828 g/mol. The fourth-order valence-corrected chi connectivity index (χ4v) is 9.32. The van der Waals surface area contributed by atoms with Crippen molar-refractivity contribution < 1.29 is 90.4 Å². The average Bonchev–Trinajstić information content (AvgIpc) is 3.22. The maximum absolute atomic E-state index is 12.7. The van der Waals surface area contributed by atoms with Crippen molar-refractivity contribution in [2.75, 3.05) is 0 Å². The topological polar surface area (TPSA) is 320 Å². The summed E-state index contributed by atoms with van der Waals surface area (Å²) in [5.41, 5.74) is -0.635. The van der Waals surface area contributed by atoms with Crippen molar-refractivity contribution in [1.82, 2.24) is 0 Å². The van der Waals surface area contributed by atoms with Crippen LogP contribution in [0, 0.1) is 0 Å². The minimum Gasteiger partial charge on any atom is -0.508 e. The SMILES string of the molecule is Oc1cc(O)c2c(c1)O[C@H](c1ccc(O)c(O)c1)[C@H](O)C2c1c(O)cc(O)c2c1O[C@@]1(c3ccc(O)c(O)c3)Oc3cc(O)c4c(c3[C@@H]2[C@H]1O)O[C@H](c1ccc(O)c(O)c1)[C@H](O)C4. The van der Waals surface area contributed by atoms with Gasteiger partial charge in [-0.15, -0.1) is 0 Å². The highest BCUT2D eigenvalue weighted by molar-refractivity contribution is 5.72. The van der Waals surface area contributed by atoms with Gasteiger partial charge in [0, 0.05) is 64.1 Å². The Balaban J connectivity index is 1.25. The van der Waals surface area contributed by atoms with Gasteiger partial charge in [-0.25, -0.2) is 0 Å². The minimum atomic E-state index is -2.50. The van der Waals surface area contributed by atoms with E-state index < -0.39 is 117 Å². The molecule has 4 heterocycles. The summed E-state index contributed by atoms with van der Waals surface area (Å²) in [6, 6.07) is 14.8. The lowest BCUT2D eigenvalue weighted by molar-refractivity contribution is -0.219. The standard InChI is InChI=1S/C45H36O18/c46-18-10-27(54)33-31(11-18)60-41(16-2-5-21(48)25(52)8-16)39(58)37(33)34-28(55)13-29(56)35-38-36-32(62-45(44(38)59,63-43(34)35)17-3-6-22(49)26(53)9-17)14-23(50)19-12-30(57)40(61-42(19)36)15-1-4-20(47)24(51)7-15/h1-11,13-14,30,37-41,44,46-59H,12H2/t30-,37?,38-,39-,40-,41-,44-,45-/m1/s1. The van der Waals surface area contributed by atoms with Crippen LogP contribution < -0.4 is 18.9 Å². The first-order valence-electron chi connectivity index (χ1n) is 19.3. The lowest BCUT2D eigenvalue weighted by Gasteiger charge is -2.51. The Morgan fingerprint density at radius 3 is 1.67 bits per heavy atom. The first-order valence-corrected chi connectivity index (χ1v) is 19.3. The Bertz CT molecular complexity index is 2910. The molecule has 2 bridgehead atoms. The second-order valence-corrected chi connectivity index (χ2v) is 15.9. The van der Waals surface area contributed by atoms with Crippen molar-refractivity contribution >= 4 is 0 Å². The van der Waals surface area contributed by atoms with Gasteiger partial charge >= 0.3 is 5.79 Å². The van der Waals surface area contributed by atoms with Gasteiger partial charge in [-0.2, -0.15) is 0 Å². The van der Waals surface area contributed by atoms with E-state index in [4.69, 9.17) is 18.9 Å². The Kier molecular flexibility index (Phi) is 8.49. The third-order valence-corrected chi connectivity index (χ3v) is 12.2. The molecule has 0 fully saturated rings. The zero-order chi connectivity index (χ0) is 44.5. The van der Waals surface area contributed by atoms with E-state index in [0.717, 1.165) is 48.5 Å². The van der Waals surface area contributed by atoms with Crippen LogP contribution in [0.1, 0.15) is 68.6 Å². The summed E-state index contributed by atoms with van der Waals surface area (Å²) in [7, 11) is 0. The van der Waals surface area contributed by atoms with E-state index >= 15 is 0 Å². The number of aliphatic hydroxyl groups excluding tert-OH is 3. The van der Waals surface area contributed by atoms with Gasteiger partial charge in [0.25, 0.3) is 0 Å². The Morgan fingerprint density at radius 2 is 1.03 bits per heavy atom. The summed E-state index contributed by atoms with van der Waals surface area (Å²) in [6.07, 6.45) is -8.09. The fourth-order valence-electron chi connectivity index (χ4n) is 9.32. The summed E-state index contributed by atoms with van der Waals surface area (Å²) in [6.45, 7) is 0. The summed E-state index contributed by atoms with van der Waals surface area (Å²) in [5, 5.41) is 156. The molecule has 10 rings (SSSR count). The zero-order valence-electron chi connectivity index (χ0n) is 32.1. The zero-order valence-corrected chi connectivity index (χ0v) is 32.1. The molecule has 18 nitrogen and oxygen atoms in total. The Morgan fingerprint density at radius 1 is 0.444 bits per heavy atom. The first kappa shape index (κ1) is 39.3. The van der Waals surface area contributed by atoms with Crippen molar-refractivity contribution in [1.29, 1.82) is 0 Å². The highest BCUT2D eigenvalue weighted by atomic mass is 16.7. The van der Waals surface area contributed by atoms with E-state index in [2.05, 4.69) is 0 Å². The smallest absolute Gasteiger partial charge is 0.305 e. The van der Waals surface area contributed by atoms with Crippen molar-refractivity contribution in [3.05, 3.63) is 123 Å². The number of fused-ring (bicyclic) bond motifs is 9. The molecular formula is C45H36O18. The van der Waals surface area contributed by atoms with E-state index in [1.165, 1.54) is 30.3 Å². The van der Waals surface area contributed by atoms with Crippen molar-refractivity contribution in [2.24, 2.45) is 0 Å². The lowest BCUT2D eigenvalue weighted by Crippen LogP contribution is -2.58.